The molecule has 0 spiro atoms. The molecule has 2 aromatic rings. The van der Waals surface area contributed by atoms with Crippen LogP contribution in [0.2, 0.25) is 0 Å². The number of ether oxygens (including phenoxy) is 1. The van der Waals surface area contributed by atoms with Crippen molar-refractivity contribution in [1.82, 2.24) is 15.1 Å². The van der Waals surface area contributed by atoms with Crippen LogP contribution < -0.4 is 15.4 Å². The number of nitrogens with zero attached hydrogens (tertiary/aromatic N) is 2. The van der Waals surface area contributed by atoms with E-state index < -0.39 is 0 Å². The quantitative estimate of drug-likeness (QED) is 0.805. The smallest absolute Gasteiger partial charge is 0.229 e. The topological polar surface area (TPSA) is 68.2 Å². The molecule has 0 bridgehead atoms. The average molecular weight is 416 g/mol. The zero-order chi connectivity index (χ0) is 16.4. The van der Waals surface area contributed by atoms with Crippen molar-refractivity contribution < 1.29 is 9.53 Å². The van der Waals surface area contributed by atoms with Gasteiger partial charge in [-0.15, -0.1) is 12.4 Å². The molecular formula is C16H20BrClN4O2. The fourth-order valence-electron chi connectivity index (χ4n) is 2.94. The number of rotatable bonds is 4. The Morgan fingerprint density at radius 2 is 2.25 bits per heavy atom. The van der Waals surface area contributed by atoms with Crippen LogP contribution in [0.3, 0.4) is 0 Å². The fourth-order valence-corrected chi connectivity index (χ4v) is 3.30. The molecule has 1 aromatic carbocycles. The number of amides is 1. The first-order valence-corrected chi connectivity index (χ1v) is 8.21. The molecule has 1 aliphatic heterocycles. The monoisotopic (exact) mass is 414 g/mol. The summed E-state index contributed by atoms with van der Waals surface area (Å²) in [6.45, 7) is 1.43. The van der Waals surface area contributed by atoms with Gasteiger partial charge in [-0.1, -0.05) is 15.9 Å². The summed E-state index contributed by atoms with van der Waals surface area (Å²) in [6.07, 6.45) is 3.80. The highest BCUT2D eigenvalue weighted by Crippen LogP contribution is 2.32. The Morgan fingerprint density at radius 3 is 2.92 bits per heavy atom. The minimum atomic E-state index is -0.136. The summed E-state index contributed by atoms with van der Waals surface area (Å²) < 4.78 is 7.97. The van der Waals surface area contributed by atoms with Gasteiger partial charge >= 0.3 is 0 Å². The third kappa shape index (κ3) is 3.91. The van der Waals surface area contributed by atoms with Crippen LogP contribution in [0.15, 0.2) is 35.1 Å². The molecular weight excluding hydrogens is 396 g/mol. The Hall–Kier alpha value is -1.57. The van der Waals surface area contributed by atoms with E-state index >= 15 is 0 Å². The van der Waals surface area contributed by atoms with Gasteiger partial charge in [0.2, 0.25) is 5.91 Å². The summed E-state index contributed by atoms with van der Waals surface area (Å²) >= 11 is 3.42. The van der Waals surface area contributed by atoms with Crippen LogP contribution in [0, 0.1) is 5.92 Å². The zero-order valence-corrected chi connectivity index (χ0v) is 15.9. The van der Waals surface area contributed by atoms with E-state index in [1.54, 1.807) is 11.8 Å². The van der Waals surface area contributed by atoms with Crippen molar-refractivity contribution in [3.63, 3.8) is 0 Å². The minimum absolute atomic E-state index is 0. The molecule has 1 aromatic heterocycles. The Morgan fingerprint density at radius 1 is 1.46 bits per heavy atom. The van der Waals surface area contributed by atoms with E-state index in [2.05, 4.69) is 31.7 Å². The lowest BCUT2D eigenvalue weighted by molar-refractivity contribution is -0.119. The van der Waals surface area contributed by atoms with Gasteiger partial charge in [-0.2, -0.15) is 5.10 Å². The molecule has 2 N–H and O–H groups in total. The highest BCUT2D eigenvalue weighted by Gasteiger charge is 2.35. The van der Waals surface area contributed by atoms with Crippen LogP contribution in [-0.4, -0.2) is 35.9 Å². The molecule has 1 saturated heterocycles. The second kappa shape index (κ2) is 8.00. The lowest BCUT2D eigenvalue weighted by Crippen LogP contribution is -2.28. The Kier molecular flexibility index (Phi) is 6.26. The summed E-state index contributed by atoms with van der Waals surface area (Å²) in [5.74, 6) is 0.621. The molecule has 1 fully saturated rings. The number of aryl methyl sites for hydroxylation is 1. The molecule has 2 atom stereocenters. The first-order chi connectivity index (χ1) is 11.1. The number of hydrogen-bond acceptors (Lipinski definition) is 4. The maximum atomic E-state index is 12.7. The Labute approximate surface area is 155 Å². The van der Waals surface area contributed by atoms with Gasteiger partial charge in [-0.05, 0) is 23.8 Å². The number of nitrogens with one attached hydrogen (secondary N) is 2. The molecule has 0 unspecified atom stereocenters. The van der Waals surface area contributed by atoms with E-state index in [-0.39, 0.29) is 30.2 Å². The number of aromatic nitrogens is 2. The van der Waals surface area contributed by atoms with Crippen LogP contribution in [-0.2, 0) is 11.8 Å². The summed E-state index contributed by atoms with van der Waals surface area (Å²) in [5, 5.41) is 10.5. The SMILES string of the molecule is COc1ccc(Br)cc1NC(=O)[C@H]1CNC[C@@H]1c1cnn(C)c1.Cl. The van der Waals surface area contributed by atoms with Crippen LogP contribution in [0.5, 0.6) is 5.75 Å². The van der Waals surface area contributed by atoms with Gasteiger partial charge in [0.1, 0.15) is 5.75 Å². The number of halogens is 2. The summed E-state index contributed by atoms with van der Waals surface area (Å²) in [7, 11) is 3.47. The molecule has 0 aliphatic carbocycles. The highest BCUT2D eigenvalue weighted by atomic mass is 79.9. The van der Waals surface area contributed by atoms with Gasteiger partial charge < -0.3 is 15.4 Å². The highest BCUT2D eigenvalue weighted by molar-refractivity contribution is 9.10. The molecule has 0 saturated carbocycles. The van der Waals surface area contributed by atoms with E-state index in [1.807, 2.05) is 37.6 Å². The second-order valence-corrected chi connectivity index (χ2v) is 6.57. The predicted octanol–water partition coefficient (Wildman–Crippen LogP) is 2.55. The second-order valence-electron chi connectivity index (χ2n) is 5.65. The van der Waals surface area contributed by atoms with Crippen molar-refractivity contribution in [2.75, 3.05) is 25.5 Å². The molecule has 1 amide bonds. The summed E-state index contributed by atoms with van der Waals surface area (Å²) in [5.41, 5.74) is 1.75. The number of methoxy groups -OCH3 is 1. The maximum absolute atomic E-state index is 12.7. The van der Waals surface area contributed by atoms with Crippen LogP contribution in [0.4, 0.5) is 5.69 Å². The molecule has 8 heteroatoms. The van der Waals surface area contributed by atoms with Gasteiger partial charge in [-0.3, -0.25) is 9.48 Å². The lowest BCUT2D eigenvalue weighted by Gasteiger charge is -2.18. The molecule has 24 heavy (non-hydrogen) atoms. The van der Waals surface area contributed by atoms with Crippen molar-refractivity contribution in [2.24, 2.45) is 13.0 Å². The molecule has 130 valence electrons. The van der Waals surface area contributed by atoms with Gasteiger partial charge in [0, 0.05) is 36.7 Å². The third-order valence-corrected chi connectivity index (χ3v) is 4.62. The number of anilines is 1. The minimum Gasteiger partial charge on any atom is -0.495 e. The molecule has 3 rings (SSSR count). The Bertz CT molecular complexity index is 722. The lowest BCUT2D eigenvalue weighted by atomic mass is 9.90. The molecule has 2 heterocycles. The normalized spacial score (nSPS) is 19.6. The van der Waals surface area contributed by atoms with E-state index in [1.165, 1.54) is 0 Å². The van der Waals surface area contributed by atoms with Crippen molar-refractivity contribution in [3.05, 3.63) is 40.6 Å². The standard InChI is InChI=1S/C16H19BrN4O2.ClH/c1-21-9-10(6-19-21)12-7-18-8-13(12)16(22)20-14-5-11(17)3-4-15(14)23-2;/h3-6,9,12-13,18H,7-8H2,1-2H3,(H,20,22);1H/t12-,13+;/m1./s1. The van der Waals surface area contributed by atoms with Crippen LogP contribution in [0.25, 0.3) is 0 Å². The molecule has 6 nitrogen and oxygen atoms in total. The number of benzene rings is 1. The van der Waals surface area contributed by atoms with Crippen LogP contribution >= 0.6 is 28.3 Å². The summed E-state index contributed by atoms with van der Waals surface area (Å²) in [4.78, 5) is 12.7. The molecule has 0 radical (unpaired) electrons. The number of hydrogen-bond donors (Lipinski definition) is 2. The van der Waals surface area contributed by atoms with Crippen LogP contribution in [0.1, 0.15) is 11.5 Å². The van der Waals surface area contributed by atoms with Crippen molar-refractivity contribution in [1.29, 1.82) is 0 Å². The number of carbonyl (C=O) groups excluding carboxylic acids is 1. The average Bonchev–Trinajstić information content (AvgIpc) is 3.15. The van der Waals surface area contributed by atoms with Gasteiger partial charge in [0.25, 0.3) is 0 Å². The summed E-state index contributed by atoms with van der Waals surface area (Å²) in [6, 6.07) is 5.55. The van der Waals surface area contributed by atoms with E-state index in [0.29, 0.717) is 18.0 Å². The largest absolute Gasteiger partial charge is 0.495 e. The third-order valence-electron chi connectivity index (χ3n) is 4.12. The predicted molar refractivity (Wildman–Crippen MR) is 98.9 cm³/mol. The van der Waals surface area contributed by atoms with E-state index in [4.69, 9.17) is 4.74 Å². The van der Waals surface area contributed by atoms with E-state index in [0.717, 1.165) is 16.6 Å². The van der Waals surface area contributed by atoms with Gasteiger partial charge in [0.15, 0.2) is 0 Å². The van der Waals surface area contributed by atoms with Crippen molar-refractivity contribution in [3.8, 4) is 5.75 Å². The first kappa shape index (κ1) is 18.8. The van der Waals surface area contributed by atoms with Gasteiger partial charge in [0.05, 0.1) is 24.9 Å². The molecule has 1 aliphatic rings. The van der Waals surface area contributed by atoms with Gasteiger partial charge in [-0.25, -0.2) is 0 Å². The Balaban J connectivity index is 0.00000208. The van der Waals surface area contributed by atoms with Crippen molar-refractivity contribution >= 4 is 39.9 Å². The van der Waals surface area contributed by atoms with E-state index in [9.17, 15) is 4.79 Å². The fraction of sp³-hybridized carbons (Fsp3) is 0.375. The maximum Gasteiger partial charge on any atom is 0.229 e. The number of carbonyl (C=O) groups is 1. The van der Waals surface area contributed by atoms with Crippen molar-refractivity contribution in [2.45, 2.75) is 5.92 Å². The zero-order valence-electron chi connectivity index (χ0n) is 13.5. The first-order valence-electron chi connectivity index (χ1n) is 7.42.